The largest absolute Gasteiger partial charge is 0.496 e. The van der Waals surface area contributed by atoms with E-state index in [2.05, 4.69) is 4.98 Å². The number of primary amides is 1. The lowest BCUT2D eigenvalue weighted by molar-refractivity contribution is -0.125. The number of hydrogen-bond donors (Lipinski definition) is 1. The Morgan fingerprint density at radius 2 is 2.00 bits per heavy atom. The molecular weight excluding hydrogens is 306 g/mol. The second-order valence-corrected chi connectivity index (χ2v) is 5.84. The Hall–Kier alpha value is -2.89. The van der Waals surface area contributed by atoms with Crippen LogP contribution in [0.4, 0.5) is 0 Å². The highest BCUT2D eigenvalue weighted by Crippen LogP contribution is 2.21. The summed E-state index contributed by atoms with van der Waals surface area (Å²) in [6.45, 7) is 0.772. The van der Waals surface area contributed by atoms with Crippen molar-refractivity contribution in [3.05, 3.63) is 59.4 Å². The summed E-state index contributed by atoms with van der Waals surface area (Å²) in [5, 5.41) is 0. The van der Waals surface area contributed by atoms with E-state index in [1.54, 1.807) is 24.3 Å². The second-order valence-electron chi connectivity index (χ2n) is 5.84. The number of carbonyl (C=O) groups is 2. The third-order valence-corrected chi connectivity index (χ3v) is 4.21. The van der Waals surface area contributed by atoms with E-state index >= 15 is 0 Å². The molecule has 0 bridgehead atoms. The number of carbonyl (C=O) groups excluding carboxylic acids is 2. The lowest BCUT2D eigenvalue weighted by Gasteiger charge is -2.37. The molecule has 24 heavy (non-hydrogen) atoms. The van der Waals surface area contributed by atoms with Crippen molar-refractivity contribution in [1.82, 2.24) is 9.88 Å². The quantitative estimate of drug-likeness (QED) is 0.896. The molecule has 1 aliphatic rings. The van der Waals surface area contributed by atoms with Crippen molar-refractivity contribution in [2.24, 2.45) is 11.7 Å². The molecule has 124 valence electrons. The molecular formula is C18H19N3O3. The van der Waals surface area contributed by atoms with Gasteiger partial charge >= 0.3 is 0 Å². The molecule has 2 heterocycles. The van der Waals surface area contributed by atoms with E-state index in [1.807, 2.05) is 30.3 Å². The first kappa shape index (κ1) is 16.0. The van der Waals surface area contributed by atoms with E-state index < -0.39 is 0 Å². The maximum atomic E-state index is 12.3. The molecule has 1 aromatic carbocycles. The molecule has 0 saturated carbocycles. The van der Waals surface area contributed by atoms with E-state index in [-0.39, 0.29) is 17.7 Å². The average molecular weight is 325 g/mol. The summed E-state index contributed by atoms with van der Waals surface area (Å²) in [6.07, 6.45) is 2.20. The van der Waals surface area contributed by atoms with Crippen LogP contribution in [0.3, 0.4) is 0 Å². The normalized spacial score (nSPS) is 14.1. The highest BCUT2D eigenvalue weighted by molar-refractivity contribution is 5.95. The van der Waals surface area contributed by atoms with E-state index in [0.717, 1.165) is 17.0 Å². The zero-order valence-electron chi connectivity index (χ0n) is 13.4. The molecule has 6 heteroatoms. The van der Waals surface area contributed by atoms with E-state index in [9.17, 15) is 9.59 Å². The van der Waals surface area contributed by atoms with Crippen molar-refractivity contribution in [1.29, 1.82) is 0 Å². The third kappa shape index (κ3) is 3.22. The summed E-state index contributed by atoms with van der Waals surface area (Å²) in [5.74, 6) is 0.109. The third-order valence-electron chi connectivity index (χ3n) is 4.21. The van der Waals surface area contributed by atoms with Gasteiger partial charge < -0.3 is 15.4 Å². The fourth-order valence-corrected chi connectivity index (χ4v) is 2.71. The van der Waals surface area contributed by atoms with Crippen LogP contribution in [0.1, 0.15) is 21.6 Å². The Kier molecular flexibility index (Phi) is 4.46. The first-order valence-electron chi connectivity index (χ1n) is 7.74. The van der Waals surface area contributed by atoms with Gasteiger partial charge in [-0.25, -0.2) is 0 Å². The number of nitrogens with zero attached hydrogens (tertiary/aromatic N) is 2. The van der Waals surface area contributed by atoms with Crippen LogP contribution in [0.15, 0.2) is 42.6 Å². The Morgan fingerprint density at radius 1 is 1.25 bits per heavy atom. The molecule has 0 unspecified atom stereocenters. The van der Waals surface area contributed by atoms with Gasteiger partial charge in [0.15, 0.2) is 0 Å². The SMILES string of the molecule is COc1ccccc1Cc1ccc(C(=O)N2CC(C(N)=O)C2)cn1. The summed E-state index contributed by atoms with van der Waals surface area (Å²) in [4.78, 5) is 29.3. The molecule has 0 radical (unpaired) electrons. The minimum Gasteiger partial charge on any atom is -0.496 e. The predicted octanol–water partition coefficient (Wildman–Crippen LogP) is 1.24. The van der Waals surface area contributed by atoms with Crippen LogP contribution in [0.5, 0.6) is 5.75 Å². The summed E-state index contributed by atoms with van der Waals surface area (Å²) in [6, 6.07) is 11.4. The summed E-state index contributed by atoms with van der Waals surface area (Å²) in [7, 11) is 1.64. The Morgan fingerprint density at radius 3 is 2.62 bits per heavy atom. The van der Waals surface area contributed by atoms with Gasteiger partial charge in [0.25, 0.3) is 5.91 Å². The van der Waals surface area contributed by atoms with Crippen LogP contribution in [0.25, 0.3) is 0 Å². The molecule has 0 aliphatic carbocycles. The fraction of sp³-hybridized carbons (Fsp3) is 0.278. The van der Waals surface area contributed by atoms with Crippen molar-refractivity contribution in [3.8, 4) is 5.75 Å². The van der Waals surface area contributed by atoms with Gasteiger partial charge in [0.05, 0.1) is 18.6 Å². The smallest absolute Gasteiger partial charge is 0.255 e. The molecule has 1 fully saturated rings. The first-order chi connectivity index (χ1) is 11.6. The number of para-hydroxylation sites is 1. The van der Waals surface area contributed by atoms with Gasteiger partial charge in [-0.3, -0.25) is 14.6 Å². The van der Waals surface area contributed by atoms with Gasteiger partial charge in [0, 0.05) is 37.0 Å². The maximum absolute atomic E-state index is 12.3. The number of ether oxygens (including phenoxy) is 1. The van der Waals surface area contributed by atoms with Crippen molar-refractivity contribution >= 4 is 11.8 Å². The van der Waals surface area contributed by atoms with E-state index in [0.29, 0.717) is 25.1 Å². The lowest BCUT2D eigenvalue weighted by atomic mass is 9.98. The molecule has 1 aromatic heterocycles. The number of benzene rings is 1. The van der Waals surface area contributed by atoms with Crippen molar-refractivity contribution in [3.63, 3.8) is 0 Å². The van der Waals surface area contributed by atoms with E-state index in [4.69, 9.17) is 10.5 Å². The van der Waals surface area contributed by atoms with Crippen LogP contribution < -0.4 is 10.5 Å². The molecule has 0 atom stereocenters. The van der Waals surface area contributed by atoms with Crippen LogP contribution in [0.2, 0.25) is 0 Å². The zero-order chi connectivity index (χ0) is 17.1. The van der Waals surface area contributed by atoms with Gasteiger partial charge in [0.2, 0.25) is 5.91 Å². The minimum absolute atomic E-state index is 0.121. The number of hydrogen-bond acceptors (Lipinski definition) is 4. The van der Waals surface area contributed by atoms with Crippen LogP contribution in [-0.2, 0) is 11.2 Å². The monoisotopic (exact) mass is 325 g/mol. The highest BCUT2D eigenvalue weighted by Gasteiger charge is 2.34. The Bertz CT molecular complexity index is 752. The second kappa shape index (κ2) is 6.70. The highest BCUT2D eigenvalue weighted by atomic mass is 16.5. The van der Waals surface area contributed by atoms with Gasteiger partial charge in [-0.2, -0.15) is 0 Å². The van der Waals surface area contributed by atoms with E-state index in [1.165, 1.54) is 0 Å². The number of aromatic nitrogens is 1. The fourth-order valence-electron chi connectivity index (χ4n) is 2.71. The van der Waals surface area contributed by atoms with Gasteiger partial charge in [-0.15, -0.1) is 0 Å². The Balaban J connectivity index is 1.65. The number of rotatable bonds is 5. The maximum Gasteiger partial charge on any atom is 0.255 e. The number of pyridine rings is 1. The predicted molar refractivity (Wildman–Crippen MR) is 88.6 cm³/mol. The molecule has 3 rings (SSSR count). The number of methoxy groups -OCH3 is 1. The topological polar surface area (TPSA) is 85.5 Å². The molecule has 2 N–H and O–H groups in total. The van der Waals surface area contributed by atoms with Gasteiger partial charge in [0.1, 0.15) is 5.75 Å². The van der Waals surface area contributed by atoms with Gasteiger partial charge in [-0.05, 0) is 18.2 Å². The minimum atomic E-state index is -0.357. The van der Waals surface area contributed by atoms with Crippen LogP contribution >= 0.6 is 0 Å². The lowest BCUT2D eigenvalue weighted by Crippen LogP contribution is -2.54. The summed E-state index contributed by atoms with van der Waals surface area (Å²) >= 11 is 0. The molecule has 0 spiro atoms. The molecule has 1 aliphatic heterocycles. The first-order valence-corrected chi connectivity index (χ1v) is 7.74. The summed E-state index contributed by atoms with van der Waals surface area (Å²) in [5.41, 5.74) is 7.63. The van der Waals surface area contributed by atoms with Crippen molar-refractivity contribution in [2.75, 3.05) is 20.2 Å². The van der Waals surface area contributed by atoms with Crippen molar-refractivity contribution in [2.45, 2.75) is 6.42 Å². The van der Waals surface area contributed by atoms with Gasteiger partial charge in [-0.1, -0.05) is 18.2 Å². The number of amides is 2. The van der Waals surface area contributed by atoms with Crippen molar-refractivity contribution < 1.29 is 14.3 Å². The average Bonchev–Trinajstić information content (AvgIpc) is 2.54. The molecule has 2 amide bonds. The van der Waals surface area contributed by atoms with Crippen LogP contribution in [-0.4, -0.2) is 41.9 Å². The Labute approximate surface area is 140 Å². The number of nitrogens with two attached hydrogens (primary N) is 1. The molecule has 1 saturated heterocycles. The zero-order valence-corrected chi connectivity index (χ0v) is 13.4. The number of likely N-dealkylation sites (tertiary alicyclic amines) is 1. The molecule has 2 aromatic rings. The molecule has 6 nitrogen and oxygen atoms in total. The standard InChI is InChI=1S/C18H19N3O3/c1-24-16-5-3-2-4-12(16)8-15-7-6-13(9-20-15)18(23)21-10-14(11-21)17(19)22/h2-7,9,14H,8,10-11H2,1H3,(H2,19,22). The summed E-state index contributed by atoms with van der Waals surface area (Å²) < 4.78 is 5.34. The van der Waals surface area contributed by atoms with Crippen LogP contribution in [0, 0.1) is 5.92 Å².